The van der Waals surface area contributed by atoms with Gasteiger partial charge in [0.1, 0.15) is 55.9 Å². The second kappa shape index (κ2) is 26.6. The van der Waals surface area contributed by atoms with E-state index in [4.69, 9.17) is 33.2 Å². The van der Waals surface area contributed by atoms with E-state index < -0.39 is 73.0 Å². The molecular formula is C38H66O15. The molecule has 0 spiro atoms. The Balaban J connectivity index is 1.76. The third-order valence-corrected chi connectivity index (χ3v) is 9.45. The fraction of sp³-hybridized carbons (Fsp3) is 0.868. The van der Waals surface area contributed by atoms with Crippen LogP contribution >= 0.6 is 0 Å². The predicted octanol–water partition coefficient (Wildman–Crippen LogP) is 2.64. The summed E-state index contributed by atoms with van der Waals surface area (Å²) in [5.74, 6) is -2.15. The van der Waals surface area contributed by atoms with E-state index in [1.165, 1.54) is 13.8 Å². The molecule has 308 valence electrons. The molecule has 53 heavy (non-hydrogen) atoms. The first-order valence-electron chi connectivity index (χ1n) is 19.4. The minimum atomic E-state index is -1.58. The average Bonchev–Trinajstić information content (AvgIpc) is 3.11. The molecule has 11 atom stereocenters. The molecule has 2 heterocycles. The lowest BCUT2D eigenvalue weighted by Crippen LogP contribution is -2.60. The van der Waals surface area contributed by atoms with Gasteiger partial charge in [-0.3, -0.25) is 14.4 Å². The Morgan fingerprint density at radius 2 is 1.13 bits per heavy atom. The molecule has 0 amide bonds. The van der Waals surface area contributed by atoms with E-state index in [-0.39, 0.29) is 38.5 Å². The third kappa shape index (κ3) is 18.3. The van der Waals surface area contributed by atoms with Crippen molar-refractivity contribution in [1.29, 1.82) is 0 Å². The Kier molecular flexibility index (Phi) is 23.5. The average molecular weight is 763 g/mol. The molecule has 2 rings (SSSR count). The second-order valence-corrected chi connectivity index (χ2v) is 14.0. The van der Waals surface area contributed by atoms with E-state index >= 15 is 0 Å². The van der Waals surface area contributed by atoms with Crippen LogP contribution in [0.5, 0.6) is 0 Å². The fourth-order valence-electron chi connectivity index (χ4n) is 6.33. The minimum absolute atomic E-state index is 0.106. The van der Waals surface area contributed by atoms with Gasteiger partial charge in [-0.05, 0) is 52.4 Å². The molecule has 2 saturated heterocycles. The molecule has 0 saturated carbocycles. The van der Waals surface area contributed by atoms with Crippen molar-refractivity contribution < 1.29 is 73.1 Å². The highest BCUT2D eigenvalue weighted by molar-refractivity contribution is 5.69. The molecule has 0 aromatic heterocycles. The molecule has 0 radical (unpaired) electrons. The van der Waals surface area contributed by atoms with Crippen molar-refractivity contribution in [2.75, 3.05) is 33.0 Å². The number of hydrogen-bond donors (Lipinski definition) is 5. The molecule has 0 bridgehead atoms. The summed E-state index contributed by atoms with van der Waals surface area (Å²) < 4.78 is 38.5. The fourth-order valence-corrected chi connectivity index (χ4v) is 6.33. The van der Waals surface area contributed by atoms with Crippen LogP contribution in [0.3, 0.4) is 0 Å². The van der Waals surface area contributed by atoms with Crippen LogP contribution in [0.15, 0.2) is 12.2 Å². The summed E-state index contributed by atoms with van der Waals surface area (Å²) in [7, 11) is 0. The number of unbranched alkanes of at least 4 members (excludes halogenated alkanes) is 9. The van der Waals surface area contributed by atoms with E-state index in [0.29, 0.717) is 13.0 Å². The van der Waals surface area contributed by atoms with Crippen LogP contribution in [-0.2, 0) is 47.5 Å². The summed E-state index contributed by atoms with van der Waals surface area (Å²) in [6.07, 6.45) is 5.39. The monoisotopic (exact) mass is 762 g/mol. The van der Waals surface area contributed by atoms with Gasteiger partial charge in [0.15, 0.2) is 6.29 Å². The standard InChI is InChI=1S/C38H66O15/c1-5-48-32(41)20-18-16-14-12-10-8-6-7-9-11-13-15-17-19-25(2)51-38-28(33(42)34(43)31(53-38)24-50-27(4)40)21-47-22-29-35(44)37(46)36(45)30(52-29)23-49-26(3)39/h6-7,25,28-31,33-38,42-46H,5,8-24H2,1-4H3/b7-6-/t25?,28-,29+,30-,31-,33-,34-,35+,36-,37-,38-/m1/s1. The zero-order chi connectivity index (χ0) is 39.2. The summed E-state index contributed by atoms with van der Waals surface area (Å²) in [5.41, 5.74) is 0. The maximum Gasteiger partial charge on any atom is 0.305 e. The third-order valence-electron chi connectivity index (χ3n) is 9.45. The molecule has 0 aromatic rings. The molecule has 2 fully saturated rings. The molecular weight excluding hydrogens is 696 g/mol. The highest BCUT2D eigenvalue weighted by Crippen LogP contribution is 2.30. The summed E-state index contributed by atoms with van der Waals surface area (Å²) in [6, 6.07) is 0. The molecule has 1 unspecified atom stereocenters. The van der Waals surface area contributed by atoms with E-state index in [2.05, 4.69) is 12.2 Å². The summed E-state index contributed by atoms with van der Waals surface area (Å²) >= 11 is 0. The lowest BCUT2D eigenvalue weighted by molar-refractivity contribution is -0.304. The van der Waals surface area contributed by atoms with Gasteiger partial charge in [-0.15, -0.1) is 0 Å². The van der Waals surface area contributed by atoms with Gasteiger partial charge in [-0.25, -0.2) is 0 Å². The Hall–Kier alpha value is -2.21. The SMILES string of the molecule is CCOC(=O)CCCCCCC/C=C\CCCCCCC(C)O[C@@H]1O[C@H](COC(C)=O)[C@@H](O)[C@H](O)[C@H]1COC[C@@H]1O[C@H](COC(C)=O)[C@@H](O)[C@H](O)[C@H]1O. The largest absolute Gasteiger partial charge is 0.466 e. The Bertz CT molecular complexity index is 1060. The Morgan fingerprint density at radius 3 is 1.72 bits per heavy atom. The molecule has 2 aliphatic heterocycles. The number of carbonyl (C=O) groups excluding carboxylic acids is 3. The number of aliphatic hydroxyl groups is 5. The molecule has 15 heteroatoms. The van der Waals surface area contributed by atoms with E-state index in [1.54, 1.807) is 0 Å². The first-order chi connectivity index (χ1) is 25.3. The van der Waals surface area contributed by atoms with Gasteiger partial charge >= 0.3 is 17.9 Å². The van der Waals surface area contributed by atoms with Gasteiger partial charge in [0.05, 0.1) is 37.9 Å². The first kappa shape index (κ1) is 46.9. The maximum atomic E-state index is 11.4. The second-order valence-electron chi connectivity index (χ2n) is 14.0. The normalized spacial score (nSPS) is 29.5. The van der Waals surface area contributed by atoms with Gasteiger partial charge in [0, 0.05) is 20.3 Å². The van der Waals surface area contributed by atoms with Crippen molar-refractivity contribution in [3.05, 3.63) is 12.2 Å². The number of allylic oxidation sites excluding steroid dienone is 2. The van der Waals surface area contributed by atoms with E-state index in [9.17, 15) is 39.9 Å². The Morgan fingerprint density at radius 1 is 0.623 bits per heavy atom. The van der Waals surface area contributed by atoms with Crippen LogP contribution in [0, 0.1) is 5.92 Å². The molecule has 2 aliphatic rings. The minimum Gasteiger partial charge on any atom is -0.466 e. The van der Waals surface area contributed by atoms with Crippen molar-refractivity contribution in [2.45, 2.75) is 172 Å². The number of ether oxygens (including phenoxy) is 7. The number of rotatable bonds is 26. The Labute approximate surface area is 314 Å². The van der Waals surface area contributed by atoms with Crippen LogP contribution in [0.2, 0.25) is 0 Å². The lowest BCUT2D eigenvalue weighted by atomic mass is 9.91. The van der Waals surface area contributed by atoms with Crippen molar-refractivity contribution in [2.24, 2.45) is 5.92 Å². The van der Waals surface area contributed by atoms with Crippen molar-refractivity contribution in [1.82, 2.24) is 0 Å². The van der Waals surface area contributed by atoms with E-state index in [1.807, 2.05) is 13.8 Å². The quantitative estimate of drug-likeness (QED) is 0.0371. The maximum absolute atomic E-state index is 11.4. The van der Waals surface area contributed by atoms with Crippen LogP contribution in [-0.4, -0.2) is 138 Å². The first-order valence-corrected chi connectivity index (χ1v) is 19.4. The van der Waals surface area contributed by atoms with Gasteiger partial charge in [0.25, 0.3) is 0 Å². The number of carbonyl (C=O) groups is 3. The van der Waals surface area contributed by atoms with Gasteiger partial charge in [-0.2, -0.15) is 0 Å². The van der Waals surface area contributed by atoms with Crippen LogP contribution in [0.1, 0.15) is 111 Å². The van der Waals surface area contributed by atoms with Gasteiger partial charge < -0.3 is 58.7 Å². The van der Waals surface area contributed by atoms with Gasteiger partial charge in [-0.1, -0.05) is 50.7 Å². The van der Waals surface area contributed by atoms with Crippen molar-refractivity contribution in [3.63, 3.8) is 0 Å². The zero-order valence-corrected chi connectivity index (χ0v) is 32.1. The summed E-state index contributed by atoms with van der Waals surface area (Å²) in [6.45, 7) is 5.49. The van der Waals surface area contributed by atoms with Crippen LogP contribution in [0.25, 0.3) is 0 Å². The summed E-state index contributed by atoms with van der Waals surface area (Å²) in [5, 5.41) is 52.9. The van der Waals surface area contributed by atoms with Crippen molar-refractivity contribution in [3.8, 4) is 0 Å². The predicted molar refractivity (Wildman–Crippen MR) is 191 cm³/mol. The lowest BCUT2D eigenvalue weighted by Gasteiger charge is -2.43. The molecule has 0 aliphatic carbocycles. The topological polar surface area (TPSA) is 217 Å². The highest BCUT2D eigenvalue weighted by Gasteiger charge is 2.47. The molecule has 5 N–H and O–H groups in total. The summed E-state index contributed by atoms with van der Waals surface area (Å²) in [4.78, 5) is 34.0. The van der Waals surface area contributed by atoms with Crippen LogP contribution < -0.4 is 0 Å². The molecule has 15 nitrogen and oxygen atoms in total. The zero-order valence-electron chi connectivity index (χ0n) is 32.1. The number of hydrogen-bond acceptors (Lipinski definition) is 15. The molecule has 0 aromatic carbocycles. The smallest absolute Gasteiger partial charge is 0.305 e. The number of aliphatic hydroxyl groups excluding tert-OH is 5. The van der Waals surface area contributed by atoms with Crippen LogP contribution in [0.4, 0.5) is 0 Å². The van der Waals surface area contributed by atoms with Gasteiger partial charge in [0.2, 0.25) is 0 Å². The van der Waals surface area contributed by atoms with E-state index in [0.717, 1.165) is 77.0 Å². The number of esters is 3. The van der Waals surface area contributed by atoms with Crippen molar-refractivity contribution >= 4 is 17.9 Å². The highest BCUT2D eigenvalue weighted by atomic mass is 16.7.